The quantitative estimate of drug-likeness (QED) is 0.726. The number of benzene rings is 1. The van der Waals surface area contributed by atoms with Crippen molar-refractivity contribution in [3.05, 3.63) is 29.8 Å². The normalized spacial score (nSPS) is 20.7. The average Bonchev–Trinajstić information content (AvgIpc) is 2.75. The van der Waals surface area contributed by atoms with Crippen LogP contribution in [0.5, 0.6) is 0 Å². The van der Waals surface area contributed by atoms with E-state index in [9.17, 15) is 0 Å². The van der Waals surface area contributed by atoms with Crippen LogP contribution in [0.25, 0.3) is 0 Å². The molecule has 0 saturated carbocycles. The molecule has 2 aliphatic rings. The van der Waals surface area contributed by atoms with Crippen LogP contribution < -0.4 is 4.90 Å². The molecule has 0 aromatic heterocycles. The molecule has 1 aromatic rings. The molecule has 0 aliphatic carbocycles. The molecule has 160 valence electrons. The zero-order valence-corrected chi connectivity index (χ0v) is 18.1. The summed E-state index contributed by atoms with van der Waals surface area (Å²) in [6.07, 6.45) is 4.48. The number of aryl methyl sites for hydroxylation is 1. The second-order valence-corrected chi connectivity index (χ2v) is 7.82. The number of anilines is 1. The highest BCUT2D eigenvalue weighted by molar-refractivity contribution is 6.06. The molecule has 1 fully saturated rings. The Labute approximate surface area is 174 Å². The third-order valence-corrected chi connectivity index (χ3v) is 5.66. The molecule has 1 unspecified atom stereocenters. The standard InChI is InChI=1S/C22H35N5O2/c1-18-7-9-19(10-8-18)27-21(25-11-5-4-6-12-25)17-20(23)24-22(27)26(13-15-28-2)14-16-29-3/h7-10,21,23H,4-6,11-17H2,1-3H3. The van der Waals surface area contributed by atoms with E-state index < -0.39 is 0 Å². The van der Waals surface area contributed by atoms with E-state index in [1.165, 1.54) is 24.8 Å². The Kier molecular flexibility index (Phi) is 8.03. The van der Waals surface area contributed by atoms with Gasteiger partial charge in [0.2, 0.25) is 5.96 Å². The molecule has 0 spiro atoms. The topological polar surface area (TPSA) is 64.4 Å². The number of nitrogens with one attached hydrogen (secondary N) is 1. The molecule has 2 aliphatic heterocycles. The molecule has 1 aromatic carbocycles. The number of rotatable bonds is 8. The number of aliphatic imine (C=N–C) groups is 1. The molecular formula is C22H35N5O2. The summed E-state index contributed by atoms with van der Waals surface area (Å²) in [5.41, 5.74) is 2.36. The van der Waals surface area contributed by atoms with Gasteiger partial charge >= 0.3 is 0 Å². The number of amidine groups is 1. The smallest absolute Gasteiger partial charge is 0.209 e. The molecule has 2 heterocycles. The van der Waals surface area contributed by atoms with Gasteiger partial charge in [-0.05, 0) is 31.9 Å². The van der Waals surface area contributed by atoms with Crippen molar-refractivity contribution in [1.29, 1.82) is 5.41 Å². The van der Waals surface area contributed by atoms with Gasteiger partial charge in [0, 0.05) is 52.5 Å². The fourth-order valence-corrected chi connectivity index (χ4v) is 4.06. The maximum atomic E-state index is 8.47. The van der Waals surface area contributed by atoms with Crippen LogP contribution in [-0.4, -0.2) is 81.4 Å². The lowest BCUT2D eigenvalue weighted by Crippen LogP contribution is -2.60. The number of ether oxygens (including phenoxy) is 2. The Bertz CT molecular complexity index is 677. The van der Waals surface area contributed by atoms with Gasteiger partial charge in [0.1, 0.15) is 5.84 Å². The summed E-state index contributed by atoms with van der Waals surface area (Å²) in [7, 11) is 3.43. The molecular weight excluding hydrogens is 366 g/mol. The first-order valence-corrected chi connectivity index (χ1v) is 10.6. The van der Waals surface area contributed by atoms with E-state index in [2.05, 4.69) is 45.9 Å². The van der Waals surface area contributed by atoms with E-state index in [1.807, 2.05) is 0 Å². The fraction of sp³-hybridized carbons (Fsp3) is 0.636. The van der Waals surface area contributed by atoms with E-state index in [1.54, 1.807) is 14.2 Å². The lowest BCUT2D eigenvalue weighted by atomic mass is 10.1. The summed E-state index contributed by atoms with van der Waals surface area (Å²) in [4.78, 5) is 11.8. The lowest BCUT2D eigenvalue weighted by molar-refractivity contribution is 0.139. The Morgan fingerprint density at radius 3 is 2.24 bits per heavy atom. The first-order valence-electron chi connectivity index (χ1n) is 10.6. The maximum Gasteiger partial charge on any atom is 0.209 e. The fourth-order valence-electron chi connectivity index (χ4n) is 4.06. The van der Waals surface area contributed by atoms with E-state index in [0.29, 0.717) is 38.6 Å². The van der Waals surface area contributed by atoms with E-state index in [0.717, 1.165) is 24.7 Å². The van der Waals surface area contributed by atoms with Crippen molar-refractivity contribution in [2.45, 2.75) is 38.8 Å². The first kappa shape index (κ1) is 21.7. The van der Waals surface area contributed by atoms with Crippen LogP contribution in [0.2, 0.25) is 0 Å². The highest BCUT2D eigenvalue weighted by Gasteiger charge is 2.36. The summed E-state index contributed by atoms with van der Waals surface area (Å²) in [6.45, 7) is 6.88. The third-order valence-electron chi connectivity index (χ3n) is 5.66. The molecule has 3 rings (SSSR count). The molecule has 1 saturated heterocycles. The predicted octanol–water partition coefficient (Wildman–Crippen LogP) is 2.95. The Hall–Kier alpha value is -1.96. The van der Waals surface area contributed by atoms with E-state index in [4.69, 9.17) is 19.9 Å². The van der Waals surface area contributed by atoms with E-state index >= 15 is 0 Å². The Morgan fingerprint density at radius 1 is 1.03 bits per heavy atom. The number of nitrogens with zero attached hydrogens (tertiary/aromatic N) is 4. The molecule has 7 nitrogen and oxygen atoms in total. The van der Waals surface area contributed by atoms with Crippen molar-refractivity contribution in [2.75, 3.05) is 58.5 Å². The number of guanidine groups is 1. The van der Waals surface area contributed by atoms with Crippen molar-refractivity contribution < 1.29 is 9.47 Å². The summed E-state index contributed by atoms with van der Waals surface area (Å²) in [5, 5.41) is 8.47. The van der Waals surface area contributed by atoms with Gasteiger partial charge in [-0.25, -0.2) is 0 Å². The Morgan fingerprint density at radius 2 is 1.66 bits per heavy atom. The average molecular weight is 402 g/mol. The van der Waals surface area contributed by atoms with Crippen LogP contribution in [0, 0.1) is 12.3 Å². The number of hydrogen-bond donors (Lipinski definition) is 1. The number of hydrogen-bond acceptors (Lipinski definition) is 6. The molecule has 0 radical (unpaired) electrons. The van der Waals surface area contributed by atoms with Crippen LogP contribution in [0.4, 0.5) is 5.69 Å². The number of methoxy groups -OCH3 is 2. The van der Waals surface area contributed by atoms with Gasteiger partial charge in [0.05, 0.1) is 19.4 Å². The second kappa shape index (κ2) is 10.7. The molecule has 1 N–H and O–H groups in total. The van der Waals surface area contributed by atoms with Gasteiger partial charge in [-0.1, -0.05) is 24.1 Å². The summed E-state index contributed by atoms with van der Waals surface area (Å²) in [6, 6.07) is 8.63. The predicted molar refractivity (Wildman–Crippen MR) is 118 cm³/mol. The van der Waals surface area contributed by atoms with Gasteiger partial charge in [-0.15, -0.1) is 0 Å². The van der Waals surface area contributed by atoms with Crippen molar-refractivity contribution in [3.63, 3.8) is 0 Å². The highest BCUT2D eigenvalue weighted by atomic mass is 16.5. The Balaban J connectivity index is 1.98. The van der Waals surface area contributed by atoms with Crippen molar-refractivity contribution in [2.24, 2.45) is 4.99 Å². The number of piperidine rings is 1. The summed E-state index contributed by atoms with van der Waals surface area (Å²) < 4.78 is 10.7. The third kappa shape index (κ3) is 5.56. The maximum absolute atomic E-state index is 8.47. The summed E-state index contributed by atoms with van der Waals surface area (Å²) >= 11 is 0. The molecule has 7 heteroatoms. The number of likely N-dealkylation sites (tertiary alicyclic amines) is 1. The largest absolute Gasteiger partial charge is 0.383 e. The van der Waals surface area contributed by atoms with Crippen LogP contribution in [0.15, 0.2) is 29.3 Å². The van der Waals surface area contributed by atoms with Crippen molar-refractivity contribution in [3.8, 4) is 0 Å². The van der Waals surface area contributed by atoms with Crippen molar-refractivity contribution in [1.82, 2.24) is 9.80 Å². The molecule has 29 heavy (non-hydrogen) atoms. The molecule has 0 bridgehead atoms. The highest BCUT2D eigenvalue weighted by Crippen LogP contribution is 2.28. The second-order valence-electron chi connectivity index (χ2n) is 7.82. The molecule has 1 atom stereocenters. The minimum atomic E-state index is 0.116. The van der Waals surface area contributed by atoms with Gasteiger partial charge in [-0.2, -0.15) is 4.99 Å². The summed E-state index contributed by atoms with van der Waals surface area (Å²) in [5.74, 6) is 1.27. The van der Waals surface area contributed by atoms with Gasteiger partial charge in [0.15, 0.2) is 0 Å². The zero-order chi connectivity index (χ0) is 20.6. The lowest BCUT2D eigenvalue weighted by Gasteiger charge is -2.47. The van der Waals surface area contributed by atoms with Crippen molar-refractivity contribution >= 4 is 17.5 Å². The van der Waals surface area contributed by atoms with Crippen LogP contribution in [-0.2, 0) is 9.47 Å². The van der Waals surface area contributed by atoms with Crippen LogP contribution in [0.1, 0.15) is 31.2 Å². The minimum absolute atomic E-state index is 0.116. The monoisotopic (exact) mass is 401 g/mol. The van der Waals surface area contributed by atoms with E-state index in [-0.39, 0.29) is 6.17 Å². The van der Waals surface area contributed by atoms with Gasteiger partial charge < -0.3 is 14.4 Å². The molecule has 0 amide bonds. The zero-order valence-electron chi connectivity index (χ0n) is 18.1. The SMILES string of the molecule is COCCN(CCOC)C1=NC(=N)CC(N2CCCCC2)N1c1ccc(C)cc1. The van der Waals surface area contributed by atoms with Crippen LogP contribution >= 0.6 is 0 Å². The van der Waals surface area contributed by atoms with Gasteiger partial charge in [0.25, 0.3) is 0 Å². The van der Waals surface area contributed by atoms with Gasteiger partial charge in [-0.3, -0.25) is 15.2 Å². The first-order chi connectivity index (χ1) is 14.1. The minimum Gasteiger partial charge on any atom is -0.383 e. The van der Waals surface area contributed by atoms with Crippen LogP contribution in [0.3, 0.4) is 0 Å².